The lowest BCUT2D eigenvalue weighted by molar-refractivity contribution is -0.123. The Hall–Kier alpha value is -2.91. The van der Waals surface area contributed by atoms with Crippen LogP contribution in [0.4, 0.5) is 5.69 Å². The van der Waals surface area contributed by atoms with Crippen LogP contribution >= 0.6 is 0 Å². The highest BCUT2D eigenvalue weighted by Crippen LogP contribution is 2.21. The molecule has 148 valence electrons. The van der Waals surface area contributed by atoms with Gasteiger partial charge in [0.15, 0.2) is 6.10 Å². The zero-order valence-corrected chi connectivity index (χ0v) is 16.1. The molecule has 3 rings (SSSR count). The molecule has 0 bridgehead atoms. The number of ether oxygens (including phenoxy) is 1. The van der Waals surface area contributed by atoms with Crippen LogP contribution in [-0.2, 0) is 19.6 Å². The number of rotatable bonds is 6. The fraction of sp³-hybridized carbons (Fsp3) is 0.263. The second-order valence-corrected chi connectivity index (χ2v) is 8.22. The van der Waals surface area contributed by atoms with Gasteiger partial charge < -0.3 is 15.4 Å². The first-order valence-electron chi connectivity index (χ1n) is 8.76. The zero-order chi connectivity index (χ0) is 20.1. The first-order chi connectivity index (χ1) is 13.4. The summed E-state index contributed by atoms with van der Waals surface area (Å²) >= 11 is 0. The van der Waals surface area contributed by atoms with Crippen molar-refractivity contribution in [2.75, 3.05) is 25.0 Å². The van der Waals surface area contributed by atoms with Crippen molar-refractivity contribution in [2.45, 2.75) is 17.9 Å². The van der Waals surface area contributed by atoms with E-state index in [2.05, 4.69) is 10.6 Å². The van der Waals surface area contributed by atoms with E-state index in [1.165, 1.54) is 18.2 Å². The fourth-order valence-electron chi connectivity index (χ4n) is 2.70. The molecule has 0 spiro atoms. The summed E-state index contributed by atoms with van der Waals surface area (Å²) in [6, 6.07) is 14.9. The molecule has 8 nitrogen and oxygen atoms in total. The third-order valence-electron chi connectivity index (χ3n) is 4.17. The van der Waals surface area contributed by atoms with E-state index >= 15 is 0 Å². The Bertz CT molecular complexity index is 963. The molecule has 0 aliphatic carbocycles. The van der Waals surface area contributed by atoms with Gasteiger partial charge in [-0.3, -0.25) is 9.59 Å². The normalized spacial score (nSPS) is 16.1. The van der Waals surface area contributed by atoms with Gasteiger partial charge in [-0.15, -0.1) is 0 Å². The van der Waals surface area contributed by atoms with E-state index in [0.29, 0.717) is 11.4 Å². The van der Waals surface area contributed by atoms with E-state index in [0.717, 1.165) is 4.31 Å². The number of anilines is 1. The third-order valence-corrected chi connectivity index (χ3v) is 6.01. The molecule has 28 heavy (non-hydrogen) atoms. The van der Waals surface area contributed by atoms with Crippen LogP contribution in [0.3, 0.4) is 0 Å². The number of nitrogens with zero attached hydrogens (tertiary/aromatic N) is 1. The highest BCUT2D eigenvalue weighted by Gasteiger charge is 2.29. The first kappa shape index (κ1) is 19.8. The van der Waals surface area contributed by atoms with Gasteiger partial charge in [0.25, 0.3) is 5.91 Å². The van der Waals surface area contributed by atoms with Crippen molar-refractivity contribution >= 4 is 27.5 Å². The number of sulfonamides is 1. The van der Waals surface area contributed by atoms with Crippen molar-refractivity contribution in [1.29, 1.82) is 0 Å². The topological polar surface area (TPSA) is 105 Å². The van der Waals surface area contributed by atoms with Gasteiger partial charge in [0.05, 0.1) is 11.4 Å². The maximum atomic E-state index is 12.8. The van der Waals surface area contributed by atoms with Crippen LogP contribution in [-0.4, -0.2) is 50.3 Å². The summed E-state index contributed by atoms with van der Waals surface area (Å²) in [5.74, 6) is -0.188. The van der Waals surface area contributed by atoms with Gasteiger partial charge in [0.1, 0.15) is 5.75 Å². The van der Waals surface area contributed by atoms with Crippen molar-refractivity contribution < 1.29 is 22.7 Å². The van der Waals surface area contributed by atoms with Gasteiger partial charge in [-0.1, -0.05) is 24.3 Å². The number of hydrogen-bond acceptors (Lipinski definition) is 5. The smallest absolute Gasteiger partial charge is 0.265 e. The van der Waals surface area contributed by atoms with Crippen molar-refractivity contribution in [2.24, 2.45) is 0 Å². The van der Waals surface area contributed by atoms with Gasteiger partial charge in [-0.05, 0) is 37.3 Å². The molecule has 1 atom stereocenters. The molecule has 1 aliphatic rings. The molecule has 1 fully saturated rings. The van der Waals surface area contributed by atoms with Crippen molar-refractivity contribution in [1.82, 2.24) is 9.62 Å². The summed E-state index contributed by atoms with van der Waals surface area (Å²) in [6.07, 6.45) is -0.770. The Morgan fingerprint density at radius 2 is 1.93 bits per heavy atom. The lowest BCUT2D eigenvalue weighted by atomic mass is 10.3. The quantitative estimate of drug-likeness (QED) is 0.754. The molecular weight excluding hydrogens is 382 g/mol. The van der Waals surface area contributed by atoms with E-state index in [9.17, 15) is 18.0 Å². The summed E-state index contributed by atoms with van der Waals surface area (Å²) in [7, 11) is -3.83. The van der Waals surface area contributed by atoms with Gasteiger partial charge in [0, 0.05) is 18.8 Å². The Morgan fingerprint density at radius 3 is 2.64 bits per heavy atom. The van der Waals surface area contributed by atoms with Crippen LogP contribution in [0, 0.1) is 0 Å². The number of hydrogen-bond donors (Lipinski definition) is 2. The molecule has 2 aromatic carbocycles. The van der Waals surface area contributed by atoms with Crippen molar-refractivity contribution in [3.8, 4) is 5.75 Å². The first-order valence-corrected chi connectivity index (χ1v) is 10.2. The van der Waals surface area contributed by atoms with Gasteiger partial charge in [-0.25, -0.2) is 8.42 Å². The molecule has 9 heteroatoms. The molecule has 1 saturated heterocycles. The van der Waals surface area contributed by atoms with Crippen LogP contribution in [0.1, 0.15) is 6.92 Å². The Morgan fingerprint density at radius 1 is 1.18 bits per heavy atom. The van der Waals surface area contributed by atoms with Crippen molar-refractivity contribution in [3.05, 3.63) is 54.6 Å². The summed E-state index contributed by atoms with van der Waals surface area (Å²) in [5.41, 5.74) is 0.330. The molecule has 0 saturated carbocycles. The molecule has 2 amide bonds. The van der Waals surface area contributed by atoms with Crippen LogP contribution in [0.5, 0.6) is 5.75 Å². The predicted octanol–water partition coefficient (Wildman–Crippen LogP) is 1.21. The number of nitrogens with one attached hydrogen (secondary N) is 2. The maximum Gasteiger partial charge on any atom is 0.265 e. The number of benzene rings is 2. The molecule has 0 unspecified atom stereocenters. The van der Waals surface area contributed by atoms with Crippen LogP contribution in [0.2, 0.25) is 0 Å². The summed E-state index contributed by atoms with van der Waals surface area (Å²) in [6.45, 7) is 1.85. The lowest BCUT2D eigenvalue weighted by Gasteiger charge is -2.26. The Kier molecular flexibility index (Phi) is 5.96. The standard InChI is InChI=1S/C19H21N3O5S/c1-14(27-16-7-3-2-4-8-16)19(24)21-15-6-5-9-17(12-15)28(25,26)22-11-10-20-18(23)13-22/h2-9,12,14H,10-11,13H2,1H3,(H,20,23)(H,21,24)/t14-/m0/s1. The third kappa shape index (κ3) is 4.68. The molecule has 2 N–H and O–H groups in total. The van der Waals surface area contributed by atoms with Crippen LogP contribution in [0.25, 0.3) is 0 Å². The van der Waals surface area contributed by atoms with Gasteiger partial charge in [-0.2, -0.15) is 4.31 Å². The number of para-hydroxylation sites is 1. The maximum absolute atomic E-state index is 12.8. The number of amides is 2. The minimum atomic E-state index is -3.83. The van der Waals surface area contributed by atoms with E-state index in [4.69, 9.17) is 4.74 Å². The fourth-order valence-corrected chi connectivity index (χ4v) is 4.15. The highest BCUT2D eigenvalue weighted by atomic mass is 32.2. The zero-order valence-electron chi connectivity index (χ0n) is 15.3. The average molecular weight is 403 g/mol. The minimum absolute atomic E-state index is 0.0108. The number of piperazine rings is 1. The Labute approximate surface area is 163 Å². The number of carbonyl (C=O) groups is 2. The molecule has 0 radical (unpaired) electrons. The van der Waals surface area contributed by atoms with Crippen LogP contribution in [0.15, 0.2) is 59.5 Å². The monoisotopic (exact) mass is 403 g/mol. The van der Waals surface area contributed by atoms with E-state index < -0.39 is 22.0 Å². The molecule has 1 heterocycles. The number of carbonyl (C=O) groups excluding carboxylic acids is 2. The summed E-state index contributed by atoms with van der Waals surface area (Å²) < 4.78 is 32.2. The minimum Gasteiger partial charge on any atom is -0.481 e. The lowest BCUT2D eigenvalue weighted by Crippen LogP contribution is -2.49. The van der Waals surface area contributed by atoms with Crippen LogP contribution < -0.4 is 15.4 Å². The summed E-state index contributed by atoms with van der Waals surface area (Å²) in [4.78, 5) is 23.9. The SMILES string of the molecule is C[C@H](Oc1ccccc1)C(=O)Nc1cccc(S(=O)(=O)N2CCNC(=O)C2)c1. The van der Waals surface area contributed by atoms with Gasteiger partial charge >= 0.3 is 0 Å². The second-order valence-electron chi connectivity index (χ2n) is 6.28. The predicted molar refractivity (Wildman–Crippen MR) is 103 cm³/mol. The average Bonchev–Trinajstić information content (AvgIpc) is 2.69. The molecule has 1 aliphatic heterocycles. The Balaban J connectivity index is 1.70. The molecule has 2 aromatic rings. The van der Waals surface area contributed by atoms with E-state index in [-0.39, 0.29) is 30.4 Å². The molecule has 0 aromatic heterocycles. The second kappa shape index (κ2) is 8.41. The highest BCUT2D eigenvalue weighted by molar-refractivity contribution is 7.89. The molecular formula is C19H21N3O5S. The largest absolute Gasteiger partial charge is 0.481 e. The summed E-state index contributed by atoms with van der Waals surface area (Å²) in [5, 5.41) is 5.25. The van der Waals surface area contributed by atoms with Crippen molar-refractivity contribution in [3.63, 3.8) is 0 Å². The van der Waals surface area contributed by atoms with Gasteiger partial charge in [0.2, 0.25) is 15.9 Å². The van der Waals surface area contributed by atoms with E-state index in [1.807, 2.05) is 6.07 Å². The van der Waals surface area contributed by atoms with E-state index in [1.54, 1.807) is 37.3 Å².